The second kappa shape index (κ2) is 7.98. The number of anilines is 4. The van der Waals surface area contributed by atoms with Gasteiger partial charge in [0.15, 0.2) is 5.82 Å². The van der Waals surface area contributed by atoms with Crippen molar-refractivity contribution in [3.63, 3.8) is 0 Å². The van der Waals surface area contributed by atoms with Crippen LogP contribution in [0.25, 0.3) is 0 Å². The molecule has 0 radical (unpaired) electrons. The van der Waals surface area contributed by atoms with E-state index in [1.165, 1.54) is 5.56 Å². The van der Waals surface area contributed by atoms with Crippen molar-refractivity contribution in [2.45, 2.75) is 26.2 Å². The van der Waals surface area contributed by atoms with E-state index in [0.717, 1.165) is 37.8 Å². The molecular formula is C21H26N8. The largest absolute Gasteiger partial charge is 0.339 e. The van der Waals surface area contributed by atoms with Crippen molar-refractivity contribution in [2.24, 2.45) is 0 Å². The minimum absolute atomic E-state index is 0.134. The molecule has 0 amide bonds. The van der Waals surface area contributed by atoms with E-state index < -0.39 is 0 Å². The Kier molecular flexibility index (Phi) is 5.24. The fourth-order valence-corrected chi connectivity index (χ4v) is 3.25. The molecule has 0 unspecified atom stereocenters. The zero-order valence-electron chi connectivity index (χ0n) is 17.1. The number of hydrogen-bond acceptors (Lipinski definition) is 8. The lowest BCUT2D eigenvalue weighted by atomic mass is 9.87. The van der Waals surface area contributed by atoms with Gasteiger partial charge in [0.05, 0.1) is 6.20 Å². The van der Waals surface area contributed by atoms with E-state index in [4.69, 9.17) is 0 Å². The van der Waals surface area contributed by atoms with Gasteiger partial charge in [-0.05, 0) is 29.2 Å². The Balaban J connectivity index is 1.40. The third kappa shape index (κ3) is 4.59. The molecule has 8 heteroatoms. The van der Waals surface area contributed by atoms with E-state index in [1.54, 1.807) is 18.6 Å². The van der Waals surface area contributed by atoms with Crippen LogP contribution in [0.4, 0.5) is 23.4 Å². The number of hydrogen-bond donors (Lipinski definition) is 1. The summed E-state index contributed by atoms with van der Waals surface area (Å²) in [6.45, 7) is 9.85. The first-order valence-corrected chi connectivity index (χ1v) is 9.83. The van der Waals surface area contributed by atoms with E-state index in [1.807, 2.05) is 6.07 Å². The predicted molar refractivity (Wildman–Crippen MR) is 115 cm³/mol. The molecule has 2 aromatic heterocycles. The molecule has 0 aliphatic carbocycles. The number of rotatable bonds is 4. The molecule has 3 heterocycles. The van der Waals surface area contributed by atoms with Crippen molar-refractivity contribution >= 4 is 23.4 Å². The number of benzene rings is 1. The van der Waals surface area contributed by atoms with Gasteiger partial charge < -0.3 is 15.1 Å². The summed E-state index contributed by atoms with van der Waals surface area (Å²) in [5.41, 5.74) is 2.41. The molecule has 0 bridgehead atoms. The van der Waals surface area contributed by atoms with Crippen molar-refractivity contribution in [1.82, 2.24) is 25.1 Å². The summed E-state index contributed by atoms with van der Waals surface area (Å²) in [4.78, 5) is 17.6. The van der Waals surface area contributed by atoms with E-state index in [-0.39, 0.29) is 5.41 Å². The number of piperazine rings is 1. The molecule has 1 N–H and O–H groups in total. The van der Waals surface area contributed by atoms with Gasteiger partial charge >= 0.3 is 0 Å². The fourth-order valence-electron chi connectivity index (χ4n) is 3.25. The van der Waals surface area contributed by atoms with E-state index in [0.29, 0.717) is 11.8 Å². The van der Waals surface area contributed by atoms with E-state index in [2.05, 4.69) is 85.3 Å². The topological polar surface area (TPSA) is 83.0 Å². The Morgan fingerprint density at radius 2 is 1.48 bits per heavy atom. The van der Waals surface area contributed by atoms with Gasteiger partial charge in [0.2, 0.25) is 11.9 Å². The summed E-state index contributed by atoms with van der Waals surface area (Å²) in [5, 5.41) is 11.7. The van der Waals surface area contributed by atoms with Gasteiger partial charge in [-0.2, -0.15) is 10.1 Å². The van der Waals surface area contributed by atoms with Crippen LogP contribution in [-0.2, 0) is 5.41 Å². The van der Waals surface area contributed by atoms with Crippen LogP contribution in [0.5, 0.6) is 0 Å². The normalized spacial score (nSPS) is 14.7. The van der Waals surface area contributed by atoms with Crippen molar-refractivity contribution < 1.29 is 0 Å². The SMILES string of the molecule is CC(C)(C)c1ccc(Nc2cnnc(N3CCN(c4ncccn4)CC3)n2)cc1. The molecule has 1 aliphatic rings. The van der Waals surface area contributed by atoms with Crippen LogP contribution in [0.1, 0.15) is 26.3 Å². The first-order chi connectivity index (χ1) is 14.0. The molecule has 0 spiro atoms. The minimum Gasteiger partial charge on any atom is -0.339 e. The maximum atomic E-state index is 4.65. The molecule has 1 aliphatic heterocycles. The molecular weight excluding hydrogens is 364 g/mol. The highest BCUT2D eigenvalue weighted by Crippen LogP contribution is 2.24. The molecule has 4 rings (SSSR count). The monoisotopic (exact) mass is 390 g/mol. The van der Waals surface area contributed by atoms with Crippen LogP contribution in [0.3, 0.4) is 0 Å². The lowest BCUT2D eigenvalue weighted by molar-refractivity contribution is 0.590. The van der Waals surface area contributed by atoms with E-state index >= 15 is 0 Å². The molecule has 1 saturated heterocycles. The minimum atomic E-state index is 0.134. The Bertz CT molecular complexity index is 929. The molecule has 0 saturated carbocycles. The van der Waals surface area contributed by atoms with Crippen LogP contribution in [0.15, 0.2) is 48.9 Å². The third-order valence-electron chi connectivity index (χ3n) is 4.97. The molecule has 0 atom stereocenters. The lowest BCUT2D eigenvalue weighted by Gasteiger charge is -2.34. The average molecular weight is 390 g/mol. The summed E-state index contributed by atoms with van der Waals surface area (Å²) in [7, 11) is 0. The number of aromatic nitrogens is 5. The first-order valence-electron chi connectivity index (χ1n) is 9.83. The van der Waals surface area contributed by atoms with Gasteiger partial charge in [0, 0.05) is 44.3 Å². The summed E-state index contributed by atoms with van der Waals surface area (Å²) >= 11 is 0. The van der Waals surface area contributed by atoms with Crippen LogP contribution in [-0.4, -0.2) is 51.3 Å². The molecule has 1 fully saturated rings. The van der Waals surface area contributed by atoms with Gasteiger partial charge in [-0.1, -0.05) is 32.9 Å². The van der Waals surface area contributed by atoms with Gasteiger partial charge in [-0.15, -0.1) is 5.10 Å². The molecule has 3 aromatic rings. The zero-order chi connectivity index (χ0) is 20.3. The summed E-state index contributed by atoms with van der Waals surface area (Å²) < 4.78 is 0. The number of nitrogens with zero attached hydrogens (tertiary/aromatic N) is 7. The van der Waals surface area contributed by atoms with Crippen LogP contribution in [0.2, 0.25) is 0 Å². The zero-order valence-corrected chi connectivity index (χ0v) is 17.1. The Morgan fingerprint density at radius 3 is 2.10 bits per heavy atom. The standard InChI is InChI=1S/C21H26N8/c1-21(2,3)16-5-7-17(8-6-16)25-18-15-24-27-20(26-18)29-13-11-28(12-14-29)19-22-9-4-10-23-19/h4-10,15H,11-14H2,1-3H3,(H,25,26,27). The molecule has 8 nitrogen and oxygen atoms in total. The third-order valence-corrected chi connectivity index (χ3v) is 4.97. The van der Waals surface area contributed by atoms with Crippen molar-refractivity contribution in [3.8, 4) is 0 Å². The van der Waals surface area contributed by atoms with E-state index in [9.17, 15) is 0 Å². The van der Waals surface area contributed by atoms with Crippen LogP contribution >= 0.6 is 0 Å². The Hall–Kier alpha value is -3.29. The Morgan fingerprint density at radius 1 is 0.862 bits per heavy atom. The number of nitrogens with one attached hydrogen (secondary N) is 1. The fraction of sp³-hybridized carbons (Fsp3) is 0.381. The van der Waals surface area contributed by atoms with Gasteiger partial charge in [-0.3, -0.25) is 0 Å². The van der Waals surface area contributed by atoms with Gasteiger partial charge in [-0.25, -0.2) is 9.97 Å². The van der Waals surface area contributed by atoms with Crippen LogP contribution in [0, 0.1) is 0 Å². The Labute approximate surface area is 171 Å². The van der Waals surface area contributed by atoms with Gasteiger partial charge in [0.25, 0.3) is 0 Å². The summed E-state index contributed by atoms with van der Waals surface area (Å²) in [6.07, 6.45) is 5.19. The van der Waals surface area contributed by atoms with Crippen LogP contribution < -0.4 is 15.1 Å². The molecule has 29 heavy (non-hydrogen) atoms. The highest BCUT2D eigenvalue weighted by atomic mass is 15.4. The average Bonchev–Trinajstić information content (AvgIpc) is 2.74. The quantitative estimate of drug-likeness (QED) is 0.728. The highest BCUT2D eigenvalue weighted by molar-refractivity contribution is 5.57. The van der Waals surface area contributed by atoms with Crippen molar-refractivity contribution in [3.05, 3.63) is 54.5 Å². The van der Waals surface area contributed by atoms with Gasteiger partial charge in [0.1, 0.15) is 0 Å². The summed E-state index contributed by atoms with van der Waals surface area (Å²) in [6, 6.07) is 10.3. The van der Waals surface area contributed by atoms with Crippen molar-refractivity contribution in [1.29, 1.82) is 0 Å². The highest BCUT2D eigenvalue weighted by Gasteiger charge is 2.21. The second-order valence-electron chi connectivity index (χ2n) is 8.12. The molecule has 1 aromatic carbocycles. The lowest BCUT2D eigenvalue weighted by Crippen LogP contribution is -2.47. The smallest absolute Gasteiger partial charge is 0.247 e. The van der Waals surface area contributed by atoms with Crippen molar-refractivity contribution in [2.75, 3.05) is 41.3 Å². The first kappa shape index (κ1) is 19.0. The summed E-state index contributed by atoms with van der Waals surface area (Å²) in [5.74, 6) is 2.09. The molecule has 150 valence electrons. The maximum Gasteiger partial charge on any atom is 0.247 e. The predicted octanol–water partition coefficient (Wildman–Crippen LogP) is 3.03. The second-order valence-corrected chi connectivity index (χ2v) is 8.12. The maximum absolute atomic E-state index is 4.65.